The average Bonchev–Trinajstić information content (AvgIpc) is 3.35. The zero-order valence-electron chi connectivity index (χ0n) is 16.5. The van der Waals surface area contributed by atoms with E-state index < -0.39 is 12.0 Å². The standard InChI is InChI=1S/C21H23N5O3/c1-4-10-25-15(2)11-18(16(25)3)20(27)13-29-21(28)19(26-14-22-23-24-26)12-17-8-6-5-7-9-17/h4-9,11,14,19H,1,10,12-13H2,2-3H3/t19-/m1/s1. The Labute approximate surface area is 168 Å². The zero-order chi connectivity index (χ0) is 20.8. The smallest absolute Gasteiger partial charge is 0.331 e. The molecule has 1 atom stereocenters. The number of ether oxygens (including phenoxy) is 1. The van der Waals surface area contributed by atoms with Crippen LogP contribution in [0.3, 0.4) is 0 Å². The van der Waals surface area contributed by atoms with Gasteiger partial charge in [-0.1, -0.05) is 36.4 Å². The highest BCUT2D eigenvalue weighted by molar-refractivity contribution is 5.99. The van der Waals surface area contributed by atoms with Crippen LogP contribution in [0.2, 0.25) is 0 Å². The number of esters is 1. The summed E-state index contributed by atoms with van der Waals surface area (Å²) >= 11 is 0. The highest BCUT2D eigenvalue weighted by atomic mass is 16.5. The molecule has 0 aliphatic heterocycles. The van der Waals surface area contributed by atoms with E-state index in [9.17, 15) is 9.59 Å². The van der Waals surface area contributed by atoms with Gasteiger partial charge in [-0.15, -0.1) is 11.7 Å². The lowest BCUT2D eigenvalue weighted by Gasteiger charge is -2.15. The normalized spacial score (nSPS) is 11.8. The van der Waals surface area contributed by atoms with Crippen molar-refractivity contribution in [2.75, 3.05) is 6.61 Å². The van der Waals surface area contributed by atoms with Crippen LogP contribution < -0.4 is 0 Å². The Balaban J connectivity index is 1.71. The van der Waals surface area contributed by atoms with Crippen LogP contribution in [-0.4, -0.2) is 43.1 Å². The number of aryl methyl sites for hydroxylation is 1. The number of ketones is 1. The van der Waals surface area contributed by atoms with E-state index in [-0.39, 0.29) is 12.4 Å². The lowest BCUT2D eigenvalue weighted by atomic mass is 10.1. The summed E-state index contributed by atoms with van der Waals surface area (Å²) in [6.07, 6.45) is 3.49. The van der Waals surface area contributed by atoms with E-state index in [1.165, 1.54) is 11.0 Å². The summed E-state index contributed by atoms with van der Waals surface area (Å²) in [6, 6.07) is 10.5. The molecular formula is C21H23N5O3. The van der Waals surface area contributed by atoms with Crippen LogP contribution in [0, 0.1) is 13.8 Å². The van der Waals surface area contributed by atoms with Crippen LogP contribution in [0.5, 0.6) is 0 Å². The maximum atomic E-state index is 12.7. The monoisotopic (exact) mass is 393 g/mol. The third-order valence-electron chi connectivity index (χ3n) is 4.76. The number of carbonyl (C=O) groups excluding carboxylic acids is 2. The van der Waals surface area contributed by atoms with Crippen molar-refractivity contribution in [2.24, 2.45) is 0 Å². The molecule has 0 bridgehead atoms. The molecule has 8 nitrogen and oxygen atoms in total. The largest absolute Gasteiger partial charge is 0.456 e. The van der Waals surface area contributed by atoms with Gasteiger partial charge in [-0.2, -0.15) is 0 Å². The zero-order valence-corrected chi connectivity index (χ0v) is 16.5. The van der Waals surface area contributed by atoms with Gasteiger partial charge in [-0.05, 0) is 35.9 Å². The molecule has 3 aromatic rings. The van der Waals surface area contributed by atoms with Gasteiger partial charge in [0, 0.05) is 29.9 Å². The molecule has 150 valence electrons. The molecule has 8 heteroatoms. The molecular weight excluding hydrogens is 370 g/mol. The number of benzene rings is 1. The molecule has 1 aromatic carbocycles. The van der Waals surface area contributed by atoms with Gasteiger partial charge in [0.2, 0.25) is 5.78 Å². The summed E-state index contributed by atoms with van der Waals surface area (Å²) in [5.74, 6) is -0.814. The lowest BCUT2D eigenvalue weighted by molar-refractivity contribution is -0.146. The van der Waals surface area contributed by atoms with Crippen molar-refractivity contribution < 1.29 is 14.3 Å². The molecule has 0 radical (unpaired) electrons. The first-order chi connectivity index (χ1) is 14.0. The van der Waals surface area contributed by atoms with Crippen molar-refractivity contribution in [3.8, 4) is 0 Å². The van der Waals surface area contributed by atoms with E-state index in [1.54, 1.807) is 12.1 Å². The average molecular weight is 393 g/mol. The topological polar surface area (TPSA) is 91.9 Å². The number of tetrazole rings is 1. The molecule has 2 aromatic heterocycles. The molecule has 0 aliphatic rings. The summed E-state index contributed by atoms with van der Waals surface area (Å²) < 4.78 is 8.68. The molecule has 3 rings (SSSR count). The van der Waals surface area contributed by atoms with E-state index in [2.05, 4.69) is 22.1 Å². The molecule has 0 amide bonds. The van der Waals surface area contributed by atoms with Gasteiger partial charge in [0.1, 0.15) is 6.33 Å². The second-order valence-electron chi connectivity index (χ2n) is 6.71. The van der Waals surface area contributed by atoms with E-state index in [1.807, 2.05) is 48.7 Å². The highest BCUT2D eigenvalue weighted by Gasteiger charge is 2.25. The van der Waals surface area contributed by atoms with Gasteiger partial charge in [0.25, 0.3) is 0 Å². The SMILES string of the molecule is C=CCn1c(C)cc(C(=O)COC(=O)[C@@H](Cc2ccccc2)n2cnnn2)c1C. The predicted molar refractivity (Wildman–Crippen MR) is 106 cm³/mol. The van der Waals surface area contributed by atoms with Crippen molar-refractivity contribution in [1.82, 2.24) is 24.8 Å². The van der Waals surface area contributed by atoms with Gasteiger partial charge in [-0.3, -0.25) is 4.79 Å². The fraction of sp³-hybridized carbons (Fsp3) is 0.286. The third kappa shape index (κ3) is 4.66. The molecule has 29 heavy (non-hydrogen) atoms. The van der Waals surface area contributed by atoms with Crippen LogP contribution in [-0.2, 0) is 22.5 Å². The predicted octanol–water partition coefficient (Wildman–Crippen LogP) is 2.49. The minimum absolute atomic E-state index is 0.253. The highest BCUT2D eigenvalue weighted by Crippen LogP contribution is 2.18. The third-order valence-corrected chi connectivity index (χ3v) is 4.76. The number of aromatic nitrogens is 5. The van der Waals surface area contributed by atoms with E-state index in [4.69, 9.17) is 4.74 Å². The molecule has 0 aliphatic carbocycles. The van der Waals surface area contributed by atoms with Crippen molar-refractivity contribution in [3.63, 3.8) is 0 Å². The molecule has 0 saturated heterocycles. The molecule has 0 N–H and O–H groups in total. The number of allylic oxidation sites excluding steroid dienone is 1. The van der Waals surface area contributed by atoms with E-state index in [0.717, 1.165) is 17.0 Å². The summed E-state index contributed by atoms with van der Waals surface area (Å²) in [4.78, 5) is 25.4. The Morgan fingerprint density at radius 2 is 2.00 bits per heavy atom. The lowest BCUT2D eigenvalue weighted by Crippen LogP contribution is -2.27. The first kappa shape index (κ1) is 20.2. The molecule has 2 heterocycles. The summed E-state index contributed by atoms with van der Waals surface area (Å²) in [5.41, 5.74) is 3.25. The summed E-state index contributed by atoms with van der Waals surface area (Å²) in [7, 11) is 0. The van der Waals surface area contributed by atoms with Crippen LogP contribution >= 0.6 is 0 Å². The number of Topliss-reactive ketones (excluding diaryl/α,β-unsaturated/α-hetero) is 1. The second-order valence-corrected chi connectivity index (χ2v) is 6.71. The number of carbonyl (C=O) groups is 2. The molecule has 0 fully saturated rings. The summed E-state index contributed by atoms with van der Waals surface area (Å²) in [6.45, 7) is 7.80. The van der Waals surface area contributed by atoms with E-state index in [0.29, 0.717) is 18.5 Å². The number of rotatable bonds is 9. The quantitative estimate of drug-likeness (QED) is 0.315. The number of hydrogen-bond acceptors (Lipinski definition) is 6. The van der Waals surface area contributed by atoms with Gasteiger partial charge >= 0.3 is 5.97 Å². The Hall–Kier alpha value is -3.55. The number of nitrogens with zero attached hydrogens (tertiary/aromatic N) is 5. The van der Waals surface area contributed by atoms with Crippen LogP contribution in [0.1, 0.15) is 33.4 Å². The van der Waals surface area contributed by atoms with Crippen LogP contribution in [0.15, 0.2) is 55.4 Å². The van der Waals surface area contributed by atoms with Gasteiger partial charge in [0.05, 0.1) is 0 Å². The minimum atomic E-state index is -0.756. The summed E-state index contributed by atoms with van der Waals surface area (Å²) in [5, 5.41) is 11.0. The number of hydrogen-bond donors (Lipinski definition) is 0. The van der Waals surface area contributed by atoms with Gasteiger partial charge in [0.15, 0.2) is 12.6 Å². The minimum Gasteiger partial charge on any atom is -0.456 e. The molecule has 0 spiro atoms. The maximum Gasteiger partial charge on any atom is 0.331 e. The first-order valence-electron chi connectivity index (χ1n) is 9.25. The second kappa shape index (κ2) is 9.09. The van der Waals surface area contributed by atoms with Crippen LogP contribution in [0.4, 0.5) is 0 Å². The maximum absolute atomic E-state index is 12.7. The van der Waals surface area contributed by atoms with Crippen molar-refractivity contribution in [3.05, 3.63) is 77.9 Å². The Kier molecular flexibility index (Phi) is 6.33. The van der Waals surface area contributed by atoms with E-state index >= 15 is 0 Å². The fourth-order valence-corrected chi connectivity index (χ4v) is 3.24. The van der Waals surface area contributed by atoms with Gasteiger partial charge in [-0.25, -0.2) is 9.48 Å². The van der Waals surface area contributed by atoms with Crippen molar-refractivity contribution in [1.29, 1.82) is 0 Å². The molecule has 0 unspecified atom stereocenters. The van der Waals surface area contributed by atoms with Gasteiger partial charge < -0.3 is 9.30 Å². The molecule has 0 saturated carbocycles. The van der Waals surface area contributed by atoms with Crippen molar-refractivity contribution >= 4 is 11.8 Å². The fourth-order valence-electron chi connectivity index (χ4n) is 3.24. The van der Waals surface area contributed by atoms with Crippen LogP contribution in [0.25, 0.3) is 0 Å². The Bertz CT molecular complexity index is 993. The Morgan fingerprint density at radius 3 is 2.66 bits per heavy atom. The van der Waals surface area contributed by atoms with Crippen molar-refractivity contribution in [2.45, 2.75) is 32.9 Å². The Morgan fingerprint density at radius 1 is 1.24 bits per heavy atom. The first-order valence-corrected chi connectivity index (χ1v) is 9.25.